The summed E-state index contributed by atoms with van der Waals surface area (Å²) in [6, 6.07) is 0.0596. The van der Waals surface area contributed by atoms with Gasteiger partial charge >= 0.3 is 0 Å². The molecule has 2 aromatic heterocycles. The fourth-order valence-electron chi connectivity index (χ4n) is 2.61. The van der Waals surface area contributed by atoms with E-state index >= 15 is 0 Å². The molecule has 7 heteroatoms. The average molecular weight is 318 g/mol. The number of rotatable bonds is 4. The average Bonchev–Trinajstić information content (AvgIpc) is 3.08. The summed E-state index contributed by atoms with van der Waals surface area (Å²) < 4.78 is 5.55. The molecule has 1 amide bonds. The third kappa shape index (κ3) is 3.31. The Hall–Kier alpha value is -1.86. The molecule has 116 valence electrons. The highest BCUT2D eigenvalue weighted by molar-refractivity contribution is 7.07. The largest absolute Gasteiger partial charge is 0.377 e. The lowest BCUT2D eigenvalue weighted by Crippen LogP contribution is -2.49. The number of thiazole rings is 1. The lowest BCUT2D eigenvalue weighted by atomic mass is 10.1. The number of ether oxygens (including phenoxy) is 1. The molecule has 3 rings (SSSR count). The first-order valence-corrected chi connectivity index (χ1v) is 8.23. The zero-order valence-corrected chi connectivity index (χ0v) is 13.3. The van der Waals surface area contributed by atoms with E-state index in [-0.39, 0.29) is 11.9 Å². The Kier molecular flexibility index (Phi) is 4.74. The molecule has 0 aromatic carbocycles. The Bertz CT molecular complexity index is 632. The van der Waals surface area contributed by atoms with Crippen LogP contribution < -0.4 is 0 Å². The van der Waals surface area contributed by atoms with Gasteiger partial charge in [-0.1, -0.05) is 0 Å². The molecule has 0 aliphatic carbocycles. The van der Waals surface area contributed by atoms with Crippen molar-refractivity contribution in [2.45, 2.75) is 25.8 Å². The summed E-state index contributed by atoms with van der Waals surface area (Å²) >= 11 is 1.44. The van der Waals surface area contributed by atoms with Crippen LogP contribution in [-0.4, -0.2) is 51.6 Å². The van der Waals surface area contributed by atoms with Crippen molar-refractivity contribution in [3.8, 4) is 0 Å². The van der Waals surface area contributed by atoms with Gasteiger partial charge in [0.05, 0.1) is 36.2 Å². The third-order valence-electron chi connectivity index (χ3n) is 3.84. The van der Waals surface area contributed by atoms with Crippen LogP contribution >= 0.6 is 11.3 Å². The van der Waals surface area contributed by atoms with E-state index in [0.717, 1.165) is 24.2 Å². The Morgan fingerprint density at radius 1 is 1.41 bits per heavy atom. The van der Waals surface area contributed by atoms with E-state index in [0.29, 0.717) is 25.5 Å². The van der Waals surface area contributed by atoms with Crippen molar-refractivity contribution in [1.82, 2.24) is 19.9 Å². The van der Waals surface area contributed by atoms with Crippen molar-refractivity contribution in [2.75, 3.05) is 19.8 Å². The Labute approximate surface area is 133 Å². The van der Waals surface area contributed by atoms with E-state index in [1.807, 2.05) is 11.8 Å². The molecule has 1 unspecified atom stereocenters. The maximum atomic E-state index is 12.5. The minimum absolute atomic E-state index is 0.00887. The standard InChI is InChI=1S/C15H18N4O2S/c1-11-13(17-5-4-16-11)3-2-12-8-21-7-6-19(12)15(20)14-9-22-10-18-14/h4-5,9-10,12H,2-3,6-8H2,1H3. The normalized spacial score (nSPS) is 18.4. The van der Waals surface area contributed by atoms with Crippen molar-refractivity contribution >= 4 is 17.2 Å². The fraction of sp³-hybridized carbons (Fsp3) is 0.467. The van der Waals surface area contributed by atoms with Crippen LogP contribution in [0.4, 0.5) is 0 Å². The first-order chi connectivity index (χ1) is 10.8. The SMILES string of the molecule is Cc1nccnc1CCC1COCCN1C(=O)c1cscn1. The molecule has 22 heavy (non-hydrogen) atoms. The quantitative estimate of drug-likeness (QED) is 0.858. The minimum Gasteiger partial charge on any atom is -0.377 e. The number of hydrogen-bond donors (Lipinski definition) is 0. The highest BCUT2D eigenvalue weighted by Gasteiger charge is 2.28. The topological polar surface area (TPSA) is 68.2 Å². The lowest BCUT2D eigenvalue weighted by Gasteiger charge is -2.35. The van der Waals surface area contributed by atoms with Gasteiger partial charge in [-0.25, -0.2) is 4.98 Å². The molecule has 3 heterocycles. The van der Waals surface area contributed by atoms with Gasteiger partial charge in [0.1, 0.15) is 5.69 Å². The van der Waals surface area contributed by atoms with Crippen molar-refractivity contribution < 1.29 is 9.53 Å². The molecule has 0 saturated carbocycles. The van der Waals surface area contributed by atoms with Gasteiger partial charge in [0.15, 0.2) is 0 Å². The number of amides is 1. The van der Waals surface area contributed by atoms with Crippen LogP contribution in [0.5, 0.6) is 0 Å². The summed E-state index contributed by atoms with van der Waals surface area (Å²) in [6.45, 7) is 3.71. The highest BCUT2D eigenvalue weighted by atomic mass is 32.1. The Morgan fingerprint density at radius 2 is 2.27 bits per heavy atom. The van der Waals surface area contributed by atoms with Gasteiger partial charge in [-0.05, 0) is 19.8 Å². The second-order valence-corrected chi connectivity index (χ2v) is 5.95. The predicted molar refractivity (Wildman–Crippen MR) is 82.8 cm³/mol. The maximum Gasteiger partial charge on any atom is 0.273 e. The molecule has 1 saturated heterocycles. The fourth-order valence-corrected chi connectivity index (χ4v) is 3.14. The van der Waals surface area contributed by atoms with Crippen molar-refractivity contribution in [1.29, 1.82) is 0 Å². The summed E-state index contributed by atoms with van der Waals surface area (Å²) in [6.07, 6.45) is 5.00. The molecule has 6 nitrogen and oxygen atoms in total. The monoisotopic (exact) mass is 318 g/mol. The van der Waals surface area contributed by atoms with Crippen LogP contribution in [0.2, 0.25) is 0 Å². The van der Waals surface area contributed by atoms with Crippen LogP contribution in [0.15, 0.2) is 23.3 Å². The second kappa shape index (κ2) is 6.93. The van der Waals surface area contributed by atoms with Gasteiger partial charge in [0.2, 0.25) is 0 Å². The molecular formula is C15H18N4O2S. The molecular weight excluding hydrogens is 300 g/mol. The highest BCUT2D eigenvalue weighted by Crippen LogP contribution is 2.17. The molecule has 0 spiro atoms. The second-order valence-electron chi connectivity index (χ2n) is 5.23. The van der Waals surface area contributed by atoms with E-state index in [2.05, 4.69) is 15.0 Å². The van der Waals surface area contributed by atoms with Crippen molar-refractivity contribution in [3.05, 3.63) is 40.4 Å². The molecule has 1 fully saturated rings. The van der Waals surface area contributed by atoms with Crippen molar-refractivity contribution in [2.24, 2.45) is 0 Å². The van der Waals surface area contributed by atoms with Crippen LogP contribution in [-0.2, 0) is 11.2 Å². The van der Waals surface area contributed by atoms with Crippen LogP contribution in [0.25, 0.3) is 0 Å². The van der Waals surface area contributed by atoms with Gasteiger partial charge in [-0.3, -0.25) is 14.8 Å². The first kappa shape index (κ1) is 15.1. The smallest absolute Gasteiger partial charge is 0.273 e. The van der Waals surface area contributed by atoms with Gasteiger partial charge in [-0.2, -0.15) is 0 Å². The summed E-state index contributed by atoms with van der Waals surface area (Å²) in [4.78, 5) is 27.2. The molecule has 2 aromatic rings. The summed E-state index contributed by atoms with van der Waals surface area (Å²) in [7, 11) is 0. The van der Waals surface area contributed by atoms with E-state index < -0.39 is 0 Å². The number of carbonyl (C=O) groups is 1. The molecule has 1 aliphatic heterocycles. The first-order valence-electron chi connectivity index (χ1n) is 7.29. The maximum absolute atomic E-state index is 12.5. The number of nitrogens with zero attached hydrogens (tertiary/aromatic N) is 4. The van der Waals surface area contributed by atoms with Gasteiger partial charge < -0.3 is 9.64 Å². The van der Waals surface area contributed by atoms with Crippen LogP contribution in [0, 0.1) is 6.92 Å². The van der Waals surface area contributed by atoms with E-state index in [1.54, 1.807) is 23.3 Å². The Morgan fingerprint density at radius 3 is 3.05 bits per heavy atom. The van der Waals surface area contributed by atoms with Crippen LogP contribution in [0.1, 0.15) is 28.3 Å². The molecule has 0 N–H and O–H groups in total. The zero-order chi connectivity index (χ0) is 15.4. The van der Waals surface area contributed by atoms with E-state index in [9.17, 15) is 4.79 Å². The van der Waals surface area contributed by atoms with Gasteiger partial charge in [-0.15, -0.1) is 11.3 Å². The number of aromatic nitrogens is 3. The number of morpholine rings is 1. The predicted octanol–water partition coefficient (Wildman–Crippen LogP) is 1.72. The number of hydrogen-bond acceptors (Lipinski definition) is 6. The number of carbonyl (C=O) groups excluding carboxylic acids is 1. The minimum atomic E-state index is -0.00887. The van der Waals surface area contributed by atoms with Gasteiger partial charge in [0.25, 0.3) is 5.91 Å². The molecule has 0 radical (unpaired) electrons. The van der Waals surface area contributed by atoms with E-state index in [1.165, 1.54) is 11.3 Å². The molecule has 1 atom stereocenters. The summed E-state index contributed by atoms with van der Waals surface area (Å²) in [5, 5.41) is 1.79. The third-order valence-corrected chi connectivity index (χ3v) is 4.42. The van der Waals surface area contributed by atoms with E-state index in [4.69, 9.17) is 4.74 Å². The lowest BCUT2D eigenvalue weighted by molar-refractivity contribution is -0.00440. The van der Waals surface area contributed by atoms with Crippen LogP contribution in [0.3, 0.4) is 0 Å². The van der Waals surface area contributed by atoms with Crippen molar-refractivity contribution in [3.63, 3.8) is 0 Å². The van der Waals surface area contributed by atoms with Gasteiger partial charge in [0, 0.05) is 24.3 Å². The molecule has 1 aliphatic rings. The Balaban J connectivity index is 1.68. The number of aryl methyl sites for hydroxylation is 2. The molecule has 0 bridgehead atoms. The summed E-state index contributed by atoms with van der Waals surface area (Å²) in [5.41, 5.74) is 4.13. The zero-order valence-electron chi connectivity index (χ0n) is 12.4. The summed E-state index contributed by atoms with van der Waals surface area (Å²) in [5.74, 6) is -0.00887.